The summed E-state index contributed by atoms with van der Waals surface area (Å²) in [6.45, 7) is 4.90. The third kappa shape index (κ3) is 3.29. The predicted octanol–water partition coefficient (Wildman–Crippen LogP) is 3.76. The highest BCUT2D eigenvalue weighted by Crippen LogP contribution is 2.37. The molecule has 1 saturated carbocycles. The van der Waals surface area contributed by atoms with Crippen LogP contribution in [-0.4, -0.2) is 11.2 Å². The van der Waals surface area contributed by atoms with Crippen molar-refractivity contribution in [1.29, 1.82) is 5.26 Å². The van der Waals surface area contributed by atoms with Crippen molar-refractivity contribution in [2.45, 2.75) is 32.7 Å². The molecule has 0 unspecified atom stereocenters. The van der Waals surface area contributed by atoms with E-state index < -0.39 is 0 Å². The molecule has 1 aliphatic rings. The fourth-order valence-electron chi connectivity index (χ4n) is 2.55. The molecule has 0 saturated heterocycles. The lowest BCUT2D eigenvalue weighted by Crippen LogP contribution is -2.23. The molecule has 1 fully saturated rings. The van der Waals surface area contributed by atoms with Gasteiger partial charge in [-0.3, -0.25) is 4.79 Å². The van der Waals surface area contributed by atoms with Crippen LogP contribution in [0.2, 0.25) is 0 Å². The smallest absolute Gasteiger partial charge is 0.269 e. The van der Waals surface area contributed by atoms with E-state index in [1.165, 1.54) is 0 Å². The minimum absolute atomic E-state index is 0.187. The number of nitrogens with zero attached hydrogens (tertiary/aromatic N) is 2. The van der Waals surface area contributed by atoms with Crippen LogP contribution in [0.3, 0.4) is 0 Å². The van der Waals surface area contributed by atoms with Gasteiger partial charge in [0.25, 0.3) is 5.56 Å². The number of nitriles is 1. The van der Waals surface area contributed by atoms with Crippen molar-refractivity contribution in [1.82, 2.24) is 4.57 Å². The minimum atomic E-state index is -0.187. The molecule has 118 valence electrons. The lowest BCUT2D eigenvalue weighted by Gasteiger charge is -2.14. The second-order valence-corrected chi connectivity index (χ2v) is 6.38. The van der Waals surface area contributed by atoms with E-state index in [4.69, 9.17) is 10.00 Å². The Morgan fingerprint density at radius 1 is 1.22 bits per heavy atom. The molecule has 0 atom stereocenters. The summed E-state index contributed by atoms with van der Waals surface area (Å²) in [7, 11) is 0. The number of rotatable bonds is 5. The lowest BCUT2D eigenvalue weighted by molar-refractivity contribution is 0.271. The number of benzene rings is 1. The maximum Gasteiger partial charge on any atom is 0.269 e. The third-order valence-corrected chi connectivity index (χ3v) is 3.88. The third-order valence-electron chi connectivity index (χ3n) is 3.88. The van der Waals surface area contributed by atoms with Gasteiger partial charge in [-0.25, -0.2) is 0 Å². The summed E-state index contributed by atoms with van der Waals surface area (Å²) in [5.41, 5.74) is 1.85. The fraction of sp³-hybridized carbons (Fsp3) is 0.368. The molecule has 0 spiro atoms. The molecular formula is C19H20N2O2. The zero-order valence-corrected chi connectivity index (χ0v) is 13.5. The summed E-state index contributed by atoms with van der Waals surface area (Å²) >= 11 is 0. The molecule has 0 radical (unpaired) electrons. The van der Waals surface area contributed by atoms with Crippen LogP contribution in [0, 0.1) is 17.2 Å². The van der Waals surface area contributed by atoms with Crippen molar-refractivity contribution < 1.29 is 4.74 Å². The first-order valence-corrected chi connectivity index (χ1v) is 7.99. The van der Waals surface area contributed by atoms with Crippen molar-refractivity contribution in [2.24, 2.45) is 5.92 Å². The Morgan fingerprint density at radius 3 is 2.48 bits per heavy atom. The van der Waals surface area contributed by atoms with Crippen LogP contribution < -0.4 is 10.3 Å². The van der Waals surface area contributed by atoms with E-state index in [1.807, 2.05) is 36.4 Å². The Bertz CT molecular complexity index is 794. The van der Waals surface area contributed by atoms with Crippen molar-refractivity contribution in [3.05, 3.63) is 52.3 Å². The number of ether oxygens (including phenoxy) is 1. The average Bonchev–Trinajstić information content (AvgIpc) is 3.38. The number of pyridine rings is 1. The van der Waals surface area contributed by atoms with E-state index in [-0.39, 0.29) is 17.2 Å². The predicted molar refractivity (Wildman–Crippen MR) is 89.5 cm³/mol. The monoisotopic (exact) mass is 308 g/mol. The Balaban J connectivity index is 1.94. The van der Waals surface area contributed by atoms with Gasteiger partial charge in [-0.2, -0.15) is 5.26 Å². The quantitative estimate of drug-likeness (QED) is 0.845. The van der Waals surface area contributed by atoms with Crippen molar-refractivity contribution >= 4 is 0 Å². The van der Waals surface area contributed by atoms with Gasteiger partial charge in [-0.05, 0) is 60.7 Å². The zero-order valence-electron chi connectivity index (χ0n) is 13.5. The summed E-state index contributed by atoms with van der Waals surface area (Å²) < 4.78 is 7.46. The Labute approximate surface area is 135 Å². The summed E-state index contributed by atoms with van der Waals surface area (Å²) in [6.07, 6.45) is 1.99. The highest BCUT2D eigenvalue weighted by molar-refractivity contribution is 5.61. The van der Waals surface area contributed by atoms with E-state index in [2.05, 4.69) is 13.8 Å². The highest BCUT2D eigenvalue weighted by atomic mass is 16.5. The van der Waals surface area contributed by atoms with Gasteiger partial charge in [0.15, 0.2) is 0 Å². The Hall–Kier alpha value is -2.54. The summed E-state index contributed by atoms with van der Waals surface area (Å²) in [6, 6.07) is 13.5. The van der Waals surface area contributed by atoms with Crippen LogP contribution in [0.1, 0.15) is 38.3 Å². The molecule has 3 rings (SSSR count). The van der Waals surface area contributed by atoms with Crippen LogP contribution in [0.5, 0.6) is 5.75 Å². The molecule has 1 heterocycles. The van der Waals surface area contributed by atoms with E-state index in [9.17, 15) is 4.79 Å². The van der Waals surface area contributed by atoms with Crippen molar-refractivity contribution in [3.63, 3.8) is 0 Å². The van der Waals surface area contributed by atoms with Crippen LogP contribution >= 0.6 is 0 Å². The second-order valence-electron chi connectivity index (χ2n) is 6.38. The molecular weight excluding hydrogens is 288 g/mol. The molecule has 2 aromatic rings. The summed E-state index contributed by atoms with van der Waals surface area (Å²) in [5, 5.41) is 9.07. The van der Waals surface area contributed by atoms with Crippen LogP contribution in [0.15, 0.2) is 41.2 Å². The topological polar surface area (TPSA) is 55.0 Å². The van der Waals surface area contributed by atoms with E-state index in [1.54, 1.807) is 10.6 Å². The summed E-state index contributed by atoms with van der Waals surface area (Å²) in [4.78, 5) is 12.4. The first-order chi connectivity index (χ1) is 11.1. The molecule has 4 nitrogen and oxygen atoms in total. The van der Waals surface area contributed by atoms with Crippen molar-refractivity contribution in [2.75, 3.05) is 6.61 Å². The number of aromatic nitrogens is 1. The second kappa shape index (κ2) is 6.29. The SMILES string of the molecule is CC(C)COc1ccc(-c2ccc(C#N)c(=O)n2C2CC2)cc1. The molecule has 0 aliphatic heterocycles. The van der Waals surface area contributed by atoms with Gasteiger partial charge in [0.1, 0.15) is 17.4 Å². The van der Waals surface area contributed by atoms with Gasteiger partial charge in [-0.1, -0.05) is 13.8 Å². The molecule has 1 aromatic carbocycles. The van der Waals surface area contributed by atoms with Gasteiger partial charge in [-0.15, -0.1) is 0 Å². The van der Waals surface area contributed by atoms with Gasteiger partial charge in [0.05, 0.1) is 12.3 Å². The molecule has 0 N–H and O–H groups in total. The minimum Gasteiger partial charge on any atom is -0.493 e. The molecule has 1 aromatic heterocycles. The summed E-state index contributed by atoms with van der Waals surface area (Å²) in [5.74, 6) is 1.31. The lowest BCUT2D eigenvalue weighted by atomic mass is 10.1. The van der Waals surface area contributed by atoms with Gasteiger partial charge in [0, 0.05) is 6.04 Å². The van der Waals surface area contributed by atoms with Gasteiger partial charge in [0.2, 0.25) is 0 Å². The average molecular weight is 308 g/mol. The van der Waals surface area contributed by atoms with Gasteiger partial charge >= 0.3 is 0 Å². The molecule has 1 aliphatic carbocycles. The van der Waals surface area contributed by atoms with Crippen molar-refractivity contribution in [3.8, 4) is 23.1 Å². The van der Waals surface area contributed by atoms with E-state index in [0.29, 0.717) is 12.5 Å². The first kappa shape index (κ1) is 15.4. The number of hydrogen-bond acceptors (Lipinski definition) is 3. The first-order valence-electron chi connectivity index (χ1n) is 7.99. The number of hydrogen-bond donors (Lipinski definition) is 0. The normalized spacial score (nSPS) is 13.8. The Morgan fingerprint density at radius 2 is 1.91 bits per heavy atom. The van der Waals surface area contributed by atoms with Crippen LogP contribution in [0.25, 0.3) is 11.3 Å². The molecule has 23 heavy (non-hydrogen) atoms. The largest absolute Gasteiger partial charge is 0.493 e. The molecule has 0 bridgehead atoms. The zero-order chi connectivity index (χ0) is 16.4. The molecule has 0 amide bonds. The van der Waals surface area contributed by atoms with E-state index >= 15 is 0 Å². The highest BCUT2D eigenvalue weighted by Gasteiger charge is 2.28. The van der Waals surface area contributed by atoms with Gasteiger partial charge < -0.3 is 9.30 Å². The van der Waals surface area contributed by atoms with E-state index in [0.717, 1.165) is 29.8 Å². The fourth-order valence-corrected chi connectivity index (χ4v) is 2.55. The maximum absolute atomic E-state index is 12.4. The maximum atomic E-state index is 12.4. The Kier molecular flexibility index (Phi) is 4.20. The van der Waals surface area contributed by atoms with Crippen LogP contribution in [-0.2, 0) is 0 Å². The standard InChI is InChI=1S/C19H20N2O2/c1-13(2)12-23-17-8-3-14(4-9-17)18-10-5-15(11-20)19(22)21(18)16-6-7-16/h3-5,8-10,13,16H,6-7,12H2,1-2H3. The van der Waals surface area contributed by atoms with Crippen LogP contribution in [0.4, 0.5) is 0 Å². The molecule has 4 heteroatoms.